The third-order valence-corrected chi connectivity index (χ3v) is 9.22. The van der Waals surface area contributed by atoms with E-state index >= 15 is 0 Å². The van der Waals surface area contributed by atoms with Crippen molar-refractivity contribution in [2.75, 3.05) is 27.4 Å². The van der Waals surface area contributed by atoms with Gasteiger partial charge in [-0.25, -0.2) is 9.59 Å². The van der Waals surface area contributed by atoms with E-state index in [0.717, 1.165) is 5.56 Å². The molecule has 6 aliphatic heterocycles. The van der Waals surface area contributed by atoms with Crippen molar-refractivity contribution in [3.63, 3.8) is 0 Å². The molecule has 0 spiro atoms. The molecule has 0 aromatic heterocycles. The van der Waals surface area contributed by atoms with E-state index in [4.69, 9.17) is 66.3 Å². The molecule has 1 aromatic carbocycles. The van der Waals surface area contributed by atoms with Gasteiger partial charge in [0.2, 0.25) is 0 Å². The number of carbonyl (C=O) groups excluding carboxylic acids is 3. The smallest absolute Gasteiger partial charge is 0.467 e. The molecule has 0 amide bonds. The van der Waals surface area contributed by atoms with Crippen molar-refractivity contribution >= 4 is 18.1 Å². The summed E-state index contributed by atoms with van der Waals surface area (Å²) in [5.74, 6) is -2.29. The molecule has 17 heteroatoms. The van der Waals surface area contributed by atoms with Gasteiger partial charge in [0.05, 0.1) is 26.4 Å². The van der Waals surface area contributed by atoms with Crippen LogP contribution >= 0.6 is 0 Å². The van der Waals surface area contributed by atoms with Crippen LogP contribution in [0.25, 0.3) is 0 Å². The zero-order valence-corrected chi connectivity index (χ0v) is 27.7. The van der Waals surface area contributed by atoms with Crippen molar-refractivity contribution in [1.29, 1.82) is 0 Å². The molecule has 0 unspecified atom stereocenters. The molecule has 6 aliphatic rings. The van der Waals surface area contributed by atoms with Crippen LogP contribution in [0.3, 0.4) is 0 Å². The Morgan fingerprint density at radius 2 is 1.61 bits per heavy atom. The Labute approximate surface area is 281 Å². The predicted molar refractivity (Wildman–Crippen MR) is 155 cm³/mol. The third-order valence-electron chi connectivity index (χ3n) is 9.22. The maximum absolute atomic E-state index is 12.6. The molecule has 14 atom stereocenters. The Kier molecular flexibility index (Phi) is 9.36. The first-order chi connectivity index (χ1) is 23.4. The van der Waals surface area contributed by atoms with Crippen LogP contribution in [0.4, 0.5) is 4.79 Å². The van der Waals surface area contributed by atoms with E-state index in [1.165, 1.54) is 21.1 Å². The lowest BCUT2D eigenvalue weighted by atomic mass is 9.97. The van der Waals surface area contributed by atoms with Crippen molar-refractivity contribution in [1.82, 2.24) is 0 Å². The summed E-state index contributed by atoms with van der Waals surface area (Å²) >= 11 is 0. The topological polar surface area (TPSA) is 180 Å². The molecule has 6 fully saturated rings. The third kappa shape index (κ3) is 6.41. The van der Waals surface area contributed by atoms with Gasteiger partial charge in [0, 0.05) is 19.6 Å². The highest BCUT2D eigenvalue weighted by Gasteiger charge is 2.65. The zero-order chi connectivity index (χ0) is 34.7. The van der Waals surface area contributed by atoms with E-state index in [1.54, 1.807) is 20.8 Å². The van der Waals surface area contributed by atoms with Crippen LogP contribution in [0, 0.1) is 0 Å². The van der Waals surface area contributed by atoms with Gasteiger partial charge in [-0.05, 0) is 20.8 Å². The summed E-state index contributed by atoms with van der Waals surface area (Å²) in [6, 6.07) is 9.30. The van der Waals surface area contributed by atoms with E-state index in [-0.39, 0.29) is 13.2 Å². The molecule has 7 rings (SSSR count). The van der Waals surface area contributed by atoms with Crippen molar-refractivity contribution in [2.24, 2.45) is 0 Å². The Morgan fingerprint density at radius 1 is 0.878 bits per heavy atom. The van der Waals surface area contributed by atoms with Crippen molar-refractivity contribution in [3.8, 4) is 0 Å². The number of esters is 2. The Hall–Kier alpha value is -2.97. The molecule has 0 bridgehead atoms. The Bertz CT molecular complexity index is 1390. The molecule has 1 aromatic rings. The predicted octanol–water partition coefficient (Wildman–Crippen LogP) is 1.24. The number of benzene rings is 1. The van der Waals surface area contributed by atoms with Gasteiger partial charge in [-0.3, -0.25) is 4.79 Å². The number of fused-ring (bicyclic) bond motifs is 3. The number of ether oxygens (including phenoxy) is 14. The molecule has 6 saturated heterocycles. The lowest BCUT2D eigenvalue weighted by Gasteiger charge is -2.41. The number of carbonyl (C=O) groups is 3. The SMILES string of the molecule is COC(=O)[C@H]1O[C@H](OC)[C@H](O[C@@H]2OC[C@@]3(CO[C@H]4O[C@@H](C)[C@H](OC(C)=O)[C@H]5OC(=O)O[C@@H]45)O[C@@H](c4ccccc4)O[C@@H]23)[C@H]2OC(C)(C)O[C@H]21. The molecule has 17 nitrogen and oxygen atoms in total. The summed E-state index contributed by atoms with van der Waals surface area (Å²) < 4.78 is 82.9. The summed E-state index contributed by atoms with van der Waals surface area (Å²) in [6.07, 6.45) is -13.3. The largest absolute Gasteiger partial charge is 0.509 e. The second-order valence-electron chi connectivity index (χ2n) is 13.0. The monoisotopic (exact) mass is 696 g/mol. The summed E-state index contributed by atoms with van der Waals surface area (Å²) in [6.45, 7) is 6.15. The quantitative estimate of drug-likeness (QED) is 0.266. The first-order valence-corrected chi connectivity index (χ1v) is 16.0. The van der Waals surface area contributed by atoms with E-state index in [1.807, 2.05) is 30.3 Å². The standard InChI is InChI=1S/C32H40O17/c1-14-17(41-15(2)33)18-22(45-30(35)44-18)28(40-14)38-12-32-13-39-29(24(32)46-26(49-32)16-10-8-7-9-11-16)43-23-20-19(47-31(3,4)48-20)21(25(34)36-5)42-27(23)37-6/h7-11,14,17-24,26-29H,12-13H2,1-6H3/t14-,17-,18+,19+,20-,21-,22+,23+,24-,26-,27-,28-,29-,32+/m0/s1. The van der Waals surface area contributed by atoms with Crippen LogP contribution in [0.5, 0.6) is 0 Å². The highest BCUT2D eigenvalue weighted by atomic mass is 16.8. The molecule has 0 N–H and O–H groups in total. The van der Waals surface area contributed by atoms with Gasteiger partial charge >= 0.3 is 18.1 Å². The van der Waals surface area contributed by atoms with E-state index in [0.29, 0.717) is 0 Å². The number of methoxy groups -OCH3 is 2. The fraction of sp³-hybridized carbons (Fsp3) is 0.719. The lowest BCUT2D eigenvalue weighted by molar-refractivity contribution is -0.314. The molecule has 0 saturated carbocycles. The second kappa shape index (κ2) is 13.3. The van der Waals surface area contributed by atoms with E-state index < -0.39 is 110 Å². The van der Waals surface area contributed by atoms with Gasteiger partial charge in [-0.2, -0.15) is 0 Å². The molecule has 0 radical (unpaired) electrons. The first kappa shape index (κ1) is 34.5. The highest BCUT2D eigenvalue weighted by molar-refractivity contribution is 5.75. The maximum atomic E-state index is 12.6. The molecule has 0 aliphatic carbocycles. The van der Waals surface area contributed by atoms with Crippen molar-refractivity contribution in [2.45, 2.75) is 119 Å². The van der Waals surface area contributed by atoms with Crippen molar-refractivity contribution in [3.05, 3.63) is 35.9 Å². The maximum Gasteiger partial charge on any atom is 0.509 e. The van der Waals surface area contributed by atoms with Crippen LogP contribution < -0.4 is 0 Å². The molecular formula is C32H40O17. The van der Waals surface area contributed by atoms with Gasteiger partial charge in [0.1, 0.15) is 30.0 Å². The highest BCUT2D eigenvalue weighted by Crippen LogP contribution is 2.48. The normalized spacial score (nSPS) is 43.6. The number of rotatable bonds is 9. The summed E-state index contributed by atoms with van der Waals surface area (Å²) in [7, 11) is 2.66. The van der Waals surface area contributed by atoms with Gasteiger partial charge in [-0.1, -0.05) is 30.3 Å². The van der Waals surface area contributed by atoms with Gasteiger partial charge in [-0.15, -0.1) is 0 Å². The fourth-order valence-corrected chi connectivity index (χ4v) is 7.07. The number of hydrogen-bond acceptors (Lipinski definition) is 17. The minimum absolute atomic E-state index is 0.0403. The number of hydrogen-bond donors (Lipinski definition) is 0. The molecule has 49 heavy (non-hydrogen) atoms. The Balaban J connectivity index is 1.12. The van der Waals surface area contributed by atoms with E-state index in [9.17, 15) is 14.4 Å². The van der Waals surface area contributed by atoms with Crippen LogP contribution in [0.2, 0.25) is 0 Å². The molecule has 270 valence electrons. The van der Waals surface area contributed by atoms with Crippen molar-refractivity contribution < 1.29 is 80.7 Å². The lowest BCUT2D eigenvalue weighted by Crippen LogP contribution is -2.61. The van der Waals surface area contributed by atoms with Gasteiger partial charge in [0.25, 0.3) is 0 Å². The van der Waals surface area contributed by atoms with E-state index in [2.05, 4.69) is 0 Å². The second-order valence-corrected chi connectivity index (χ2v) is 13.0. The minimum Gasteiger partial charge on any atom is -0.467 e. The first-order valence-electron chi connectivity index (χ1n) is 16.0. The van der Waals surface area contributed by atoms with Crippen LogP contribution in [0.1, 0.15) is 39.5 Å². The van der Waals surface area contributed by atoms with Crippen LogP contribution in [-0.2, 0) is 75.9 Å². The summed E-state index contributed by atoms with van der Waals surface area (Å²) in [5.41, 5.74) is -0.507. The summed E-state index contributed by atoms with van der Waals surface area (Å²) in [5, 5.41) is 0. The summed E-state index contributed by atoms with van der Waals surface area (Å²) in [4.78, 5) is 36.6. The van der Waals surface area contributed by atoms with Gasteiger partial charge < -0.3 is 66.3 Å². The average molecular weight is 697 g/mol. The fourth-order valence-electron chi connectivity index (χ4n) is 7.07. The van der Waals surface area contributed by atoms with Crippen LogP contribution in [-0.4, -0.2) is 131 Å². The average Bonchev–Trinajstić information content (AvgIpc) is 3.82. The molecule has 6 heterocycles. The zero-order valence-electron chi connectivity index (χ0n) is 27.7. The Morgan fingerprint density at radius 3 is 2.33 bits per heavy atom. The minimum atomic E-state index is -1.25. The van der Waals surface area contributed by atoms with Gasteiger partial charge in [0.15, 0.2) is 55.4 Å². The van der Waals surface area contributed by atoms with Crippen LogP contribution in [0.15, 0.2) is 30.3 Å². The molecular weight excluding hydrogens is 656 g/mol.